The topological polar surface area (TPSA) is 37.4 Å². The van der Waals surface area contributed by atoms with Crippen LogP contribution in [0.1, 0.15) is 25.8 Å². The van der Waals surface area contributed by atoms with Gasteiger partial charge in [-0.3, -0.25) is 9.59 Å². The fourth-order valence-corrected chi connectivity index (χ4v) is 2.32. The summed E-state index contributed by atoms with van der Waals surface area (Å²) in [5.74, 6) is -0.00273. The van der Waals surface area contributed by atoms with Gasteiger partial charge in [0.2, 0.25) is 5.91 Å². The lowest BCUT2D eigenvalue weighted by atomic mass is 9.94. The normalized spacial score (nSPS) is 19.1. The van der Waals surface area contributed by atoms with Gasteiger partial charge in [0, 0.05) is 12.6 Å². The summed E-state index contributed by atoms with van der Waals surface area (Å²) in [6.45, 7) is 3.06. The van der Waals surface area contributed by atoms with Crippen LogP contribution < -0.4 is 4.90 Å². The molecule has 1 aliphatic heterocycles. The third-order valence-corrected chi connectivity index (χ3v) is 3.06. The first kappa shape index (κ1) is 10.9. The van der Waals surface area contributed by atoms with Crippen molar-refractivity contribution >= 4 is 17.4 Å². The molecule has 0 bridgehead atoms. The number of ketones is 1. The highest BCUT2D eigenvalue weighted by atomic mass is 16.2. The van der Waals surface area contributed by atoms with Gasteiger partial charge in [0.05, 0.1) is 6.04 Å². The Morgan fingerprint density at radius 1 is 1.25 bits per heavy atom. The van der Waals surface area contributed by atoms with E-state index >= 15 is 0 Å². The molecule has 1 atom stereocenters. The number of para-hydroxylation sites is 1. The third kappa shape index (κ3) is 1.73. The van der Waals surface area contributed by atoms with Gasteiger partial charge >= 0.3 is 0 Å². The van der Waals surface area contributed by atoms with Crippen molar-refractivity contribution in [2.45, 2.75) is 32.7 Å². The maximum absolute atomic E-state index is 11.7. The Morgan fingerprint density at radius 2 is 1.94 bits per heavy atom. The van der Waals surface area contributed by atoms with E-state index in [1.165, 1.54) is 6.92 Å². The summed E-state index contributed by atoms with van der Waals surface area (Å²) in [7, 11) is 0. The van der Waals surface area contributed by atoms with E-state index in [2.05, 4.69) is 0 Å². The molecule has 0 spiro atoms. The zero-order chi connectivity index (χ0) is 11.7. The lowest BCUT2D eigenvalue weighted by molar-refractivity contribution is -0.123. The molecule has 0 radical (unpaired) electrons. The second-order valence-electron chi connectivity index (χ2n) is 4.18. The van der Waals surface area contributed by atoms with Crippen LogP contribution in [0.15, 0.2) is 24.3 Å². The van der Waals surface area contributed by atoms with Crippen LogP contribution in [0.5, 0.6) is 0 Å². The first-order chi connectivity index (χ1) is 7.61. The fourth-order valence-electron chi connectivity index (χ4n) is 2.32. The molecular formula is C13H15NO2. The SMILES string of the molecule is CC(=O)C1CCc2ccccc2N1C(C)=O. The number of carbonyl (C=O) groups is 2. The van der Waals surface area contributed by atoms with Crippen molar-refractivity contribution in [3.63, 3.8) is 0 Å². The molecule has 3 heteroatoms. The predicted molar refractivity (Wildman–Crippen MR) is 62.4 cm³/mol. The van der Waals surface area contributed by atoms with E-state index in [-0.39, 0.29) is 17.7 Å². The highest BCUT2D eigenvalue weighted by molar-refractivity contribution is 6.00. The molecule has 1 aliphatic rings. The first-order valence-electron chi connectivity index (χ1n) is 5.49. The quantitative estimate of drug-likeness (QED) is 0.721. The standard InChI is InChI=1S/C13H15NO2/c1-9(15)12-8-7-11-5-3-4-6-13(11)14(12)10(2)16/h3-6,12H,7-8H2,1-2H3. The minimum atomic E-state index is -0.285. The number of rotatable bonds is 1. The number of carbonyl (C=O) groups excluding carboxylic acids is 2. The molecule has 16 heavy (non-hydrogen) atoms. The highest BCUT2D eigenvalue weighted by Crippen LogP contribution is 2.30. The lowest BCUT2D eigenvalue weighted by Crippen LogP contribution is -2.46. The van der Waals surface area contributed by atoms with Crippen molar-refractivity contribution in [1.82, 2.24) is 0 Å². The van der Waals surface area contributed by atoms with Gasteiger partial charge in [-0.25, -0.2) is 0 Å². The predicted octanol–water partition coefficient (Wildman–Crippen LogP) is 1.94. The Kier molecular flexibility index (Phi) is 2.77. The van der Waals surface area contributed by atoms with Crippen LogP contribution in [0.2, 0.25) is 0 Å². The number of hydrogen-bond donors (Lipinski definition) is 0. The summed E-state index contributed by atoms with van der Waals surface area (Å²) in [6.07, 6.45) is 1.59. The minimum absolute atomic E-state index is 0.0599. The molecule has 2 rings (SSSR count). The number of nitrogens with zero attached hydrogens (tertiary/aromatic N) is 1. The van der Waals surface area contributed by atoms with Crippen LogP contribution in [-0.4, -0.2) is 17.7 Å². The molecule has 1 aromatic rings. The van der Waals surface area contributed by atoms with Crippen LogP contribution in [0, 0.1) is 0 Å². The third-order valence-electron chi connectivity index (χ3n) is 3.06. The summed E-state index contributed by atoms with van der Waals surface area (Å²) in [4.78, 5) is 24.8. The van der Waals surface area contributed by atoms with E-state index in [4.69, 9.17) is 0 Å². The highest BCUT2D eigenvalue weighted by Gasteiger charge is 2.31. The fraction of sp³-hybridized carbons (Fsp3) is 0.385. The Morgan fingerprint density at radius 3 is 2.56 bits per heavy atom. The summed E-state index contributed by atoms with van der Waals surface area (Å²) < 4.78 is 0. The zero-order valence-electron chi connectivity index (χ0n) is 9.56. The molecule has 0 N–H and O–H groups in total. The van der Waals surface area contributed by atoms with Gasteiger partial charge in [-0.2, -0.15) is 0 Å². The number of aryl methyl sites for hydroxylation is 1. The summed E-state index contributed by atoms with van der Waals surface area (Å²) in [6, 6.07) is 7.50. The van der Waals surface area contributed by atoms with E-state index < -0.39 is 0 Å². The van der Waals surface area contributed by atoms with Crippen LogP contribution in [0.3, 0.4) is 0 Å². The molecule has 1 aromatic carbocycles. The van der Waals surface area contributed by atoms with Crippen molar-refractivity contribution in [1.29, 1.82) is 0 Å². The molecule has 0 aromatic heterocycles. The van der Waals surface area contributed by atoms with Crippen molar-refractivity contribution in [3.8, 4) is 0 Å². The average molecular weight is 217 g/mol. The summed E-state index contributed by atoms with van der Waals surface area (Å²) in [5.41, 5.74) is 2.04. The largest absolute Gasteiger partial charge is 0.302 e. The van der Waals surface area contributed by atoms with Crippen LogP contribution >= 0.6 is 0 Å². The molecule has 1 heterocycles. The molecule has 0 saturated heterocycles. The Balaban J connectivity index is 2.47. The maximum atomic E-state index is 11.7. The minimum Gasteiger partial charge on any atom is -0.302 e. The molecule has 84 valence electrons. The van der Waals surface area contributed by atoms with Crippen molar-refractivity contribution in [2.24, 2.45) is 0 Å². The second kappa shape index (κ2) is 4.08. The van der Waals surface area contributed by atoms with Gasteiger partial charge in [0.25, 0.3) is 0 Å². The maximum Gasteiger partial charge on any atom is 0.224 e. The number of anilines is 1. The van der Waals surface area contributed by atoms with E-state index in [1.807, 2.05) is 24.3 Å². The van der Waals surface area contributed by atoms with Crippen LogP contribution in [-0.2, 0) is 16.0 Å². The Labute approximate surface area is 95.1 Å². The van der Waals surface area contributed by atoms with E-state index in [9.17, 15) is 9.59 Å². The van der Waals surface area contributed by atoms with Gasteiger partial charge < -0.3 is 4.90 Å². The Hall–Kier alpha value is -1.64. The van der Waals surface area contributed by atoms with Gasteiger partial charge in [0.1, 0.15) is 0 Å². The smallest absolute Gasteiger partial charge is 0.224 e. The molecule has 1 amide bonds. The molecule has 3 nitrogen and oxygen atoms in total. The second-order valence-corrected chi connectivity index (χ2v) is 4.18. The number of Topliss-reactive ketones (excluding diaryl/α,β-unsaturated/α-hetero) is 1. The van der Waals surface area contributed by atoms with E-state index in [0.29, 0.717) is 0 Å². The zero-order valence-corrected chi connectivity index (χ0v) is 9.56. The molecule has 0 aliphatic carbocycles. The van der Waals surface area contributed by atoms with E-state index in [1.54, 1.807) is 11.8 Å². The molecule has 0 fully saturated rings. The first-order valence-corrected chi connectivity index (χ1v) is 5.49. The van der Waals surface area contributed by atoms with Gasteiger partial charge in [-0.1, -0.05) is 18.2 Å². The van der Waals surface area contributed by atoms with Gasteiger partial charge in [0.15, 0.2) is 5.78 Å². The number of hydrogen-bond acceptors (Lipinski definition) is 2. The summed E-state index contributed by atoms with van der Waals surface area (Å²) in [5, 5.41) is 0. The summed E-state index contributed by atoms with van der Waals surface area (Å²) >= 11 is 0. The monoisotopic (exact) mass is 217 g/mol. The van der Waals surface area contributed by atoms with Crippen molar-refractivity contribution in [2.75, 3.05) is 4.90 Å². The number of fused-ring (bicyclic) bond motifs is 1. The van der Waals surface area contributed by atoms with Crippen LogP contribution in [0.4, 0.5) is 5.69 Å². The Bertz CT molecular complexity index is 439. The molecular weight excluding hydrogens is 202 g/mol. The van der Waals surface area contributed by atoms with Gasteiger partial charge in [-0.15, -0.1) is 0 Å². The average Bonchev–Trinajstić information content (AvgIpc) is 2.27. The number of amides is 1. The molecule has 0 saturated carbocycles. The molecule has 1 unspecified atom stereocenters. The van der Waals surface area contributed by atoms with Gasteiger partial charge in [-0.05, 0) is 31.4 Å². The van der Waals surface area contributed by atoms with Crippen molar-refractivity contribution in [3.05, 3.63) is 29.8 Å². The van der Waals surface area contributed by atoms with E-state index in [0.717, 1.165) is 24.1 Å². The number of benzene rings is 1. The van der Waals surface area contributed by atoms with Crippen LogP contribution in [0.25, 0.3) is 0 Å². The van der Waals surface area contributed by atoms with Crippen molar-refractivity contribution < 1.29 is 9.59 Å². The lowest BCUT2D eigenvalue weighted by Gasteiger charge is -2.35.